The van der Waals surface area contributed by atoms with Gasteiger partial charge in [-0.3, -0.25) is 9.59 Å². The molecule has 1 aromatic rings. The first kappa shape index (κ1) is 15.5. The SMILES string of the molecule is O=C(N[C@H]1CCS(=O)(=O)C1)[C@@H]1CCC(=O)N1Cc1cccs1. The van der Waals surface area contributed by atoms with Crippen molar-refractivity contribution in [2.24, 2.45) is 0 Å². The summed E-state index contributed by atoms with van der Waals surface area (Å²) < 4.78 is 22.9. The van der Waals surface area contributed by atoms with E-state index in [0.29, 0.717) is 25.8 Å². The largest absolute Gasteiger partial charge is 0.351 e. The molecule has 2 aliphatic heterocycles. The van der Waals surface area contributed by atoms with Crippen LogP contribution in [0.3, 0.4) is 0 Å². The first-order chi connectivity index (χ1) is 10.4. The van der Waals surface area contributed by atoms with Gasteiger partial charge in [0.1, 0.15) is 6.04 Å². The number of rotatable bonds is 4. The average Bonchev–Trinajstić information content (AvgIpc) is 3.14. The van der Waals surface area contributed by atoms with Crippen LogP contribution in [0.4, 0.5) is 0 Å². The van der Waals surface area contributed by atoms with Crippen LogP contribution in [-0.2, 0) is 26.0 Å². The molecule has 0 bridgehead atoms. The lowest BCUT2D eigenvalue weighted by molar-refractivity contribution is -0.136. The van der Waals surface area contributed by atoms with Gasteiger partial charge in [0, 0.05) is 17.3 Å². The maximum Gasteiger partial charge on any atom is 0.243 e. The topological polar surface area (TPSA) is 83.5 Å². The van der Waals surface area contributed by atoms with E-state index in [1.165, 1.54) is 0 Å². The molecule has 0 aliphatic carbocycles. The van der Waals surface area contributed by atoms with E-state index in [1.807, 2.05) is 17.5 Å². The van der Waals surface area contributed by atoms with Crippen molar-refractivity contribution in [2.75, 3.05) is 11.5 Å². The zero-order valence-corrected chi connectivity index (χ0v) is 13.7. The fraction of sp³-hybridized carbons (Fsp3) is 0.571. The molecule has 6 nitrogen and oxygen atoms in total. The second-order valence-electron chi connectivity index (χ2n) is 5.76. The lowest BCUT2D eigenvalue weighted by Gasteiger charge is -2.24. The van der Waals surface area contributed by atoms with Crippen LogP contribution in [0.2, 0.25) is 0 Å². The minimum Gasteiger partial charge on any atom is -0.351 e. The number of hydrogen-bond donors (Lipinski definition) is 1. The summed E-state index contributed by atoms with van der Waals surface area (Å²) in [5, 5.41) is 4.74. The smallest absolute Gasteiger partial charge is 0.243 e. The van der Waals surface area contributed by atoms with Crippen molar-refractivity contribution in [1.29, 1.82) is 0 Å². The summed E-state index contributed by atoms with van der Waals surface area (Å²) in [6, 6.07) is 3.04. The van der Waals surface area contributed by atoms with E-state index >= 15 is 0 Å². The van der Waals surface area contributed by atoms with Crippen molar-refractivity contribution in [3.63, 3.8) is 0 Å². The van der Waals surface area contributed by atoms with E-state index in [0.717, 1.165) is 4.88 Å². The molecule has 120 valence electrons. The van der Waals surface area contributed by atoms with Gasteiger partial charge in [0.05, 0.1) is 18.1 Å². The number of nitrogens with one attached hydrogen (secondary N) is 1. The fourth-order valence-electron chi connectivity index (χ4n) is 2.98. The van der Waals surface area contributed by atoms with E-state index in [4.69, 9.17) is 0 Å². The molecular weight excluding hydrogens is 324 g/mol. The van der Waals surface area contributed by atoms with E-state index in [2.05, 4.69) is 5.32 Å². The standard InChI is InChI=1S/C14H18N2O4S2/c17-13-4-3-12(16(13)8-11-2-1-6-21-11)14(18)15-10-5-7-22(19,20)9-10/h1-2,6,10,12H,3-5,7-9H2,(H,15,18)/t10-,12-/m0/s1. The summed E-state index contributed by atoms with van der Waals surface area (Å²) in [6.45, 7) is 0.442. The maximum atomic E-state index is 12.4. The van der Waals surface area contributed by atoms with Gasteiger partial charge in [-0.25, -0.2) is 8.42 Å². The minimum atomic E-state index is -3.02. The van der Waals surface area contributed by atoms with E-state index in [9.17, 15) is 18.0 Å². The minimum absolute atomic E-state index is 0.00430. The highest BCUT2D eigenvalue weighted by Gasteiger charge is 2.38. The number of sulfone groups is 1. The average molecular weight is 342 g/mol. The van der Waals surface area contributed by atoms with Crippen LogP contribution in [0.1, 0.15) is 24.1 Å². The molecule has 2 atom stereocenters. The summed E-state index contributed by atoms with van der Waals surface area (Å²) in [4.78, 5) is 27.1. The van der Waals surface area contributed by atoms with Gasteiger partial charge in [-0.15, -0.1) is 11.3 Å². The third-order valence-corrected chi connectivity index (χ3v) is 6.75. The molecular formula is C14H18N2O4S2. The molecule has 22 heavy (non-hydrogen) atoms. The highest BCUT2D eigenvalue weighted by molar-refractivity contribution is 7.91. The molecule has 1 aromatic heterocycles. The van der Waals surface area contributed by atoms with Crippen LogP contribution in [0.25, 0.3) is 0 Å². The predicted molar refractivity (Wildman–Crippen MR) is 83.1 cm³/mol. The predicted octanol–water partition coefficient (Wildman–Crippen LogP) is 0.542. The molecule has 8 heteroatoms. The number of likely N-dealkylation sites (tertiary alicyclic amines) is 1. The Morgan fingerprint density at radius 3 is 2.86 bits per heavy atom. The summed E-state index contributed by atoms with van der Waals surface area (Å²) >= 11 is 1.55. The van der Waals surface area contributed by atoms with E-state index in [-0.39, 0.29) is 29.4 Å². The third-order valence-electron chi connectivity index (χ3n) is 4.12. The van der Waals surface area contributed by atoms with Gasteiger partial charge < -0.3 is 10.2 Å². The molecule has 2 saturated heterocycles. The lowest BCUT2D eigenvalue weighted by atomic mass is 10.1. The summed E-state index contributed by atoms with van der Waals surface area (Å²) in [6.07, 6.45) is 1.32. The molecule has 2 fully saturated rings. The van der Waals surface area contributed by atoms with Crippen LogP contribution < -0.4 is 5.32 Å². The van der Waals surface area contributed by atoms with Gasteiger partial charge in [-0.1, -0.05) is 6.07 Å². The van der Waals surface area contributed by atoms with E-state index < -0.39 is 15.9 Å². The summed E-state index contributed by atoms with van der Waals surface area (Å²) in [7, 11) is -3.02. The Balaban J connectivity index is 1.64. The highest BCUT2D eigenvalue weighted by atomic mass is 32.2. The normalized spacial score (nSPS) is 27.3. The van der Waals surface area contributed by atoms with Crippen LogP contribution in [0.5, 0.6) is 0 Å². The van der Waals surface area contributed by atoms with Crippen molar-refractivity contribution in [2.45, 2.75) is 37.9 Å². The van der Waals surface area contributed by atoms with Crippen LogP contribution in [0.15, 0.2) is 17.5 Å². The van der Waals surface area contributed by atoms with Gasteiger partial charge in [-0.05, 0) is 24.3 Å². The third kappa shape index (κ3) is 3.33. The number of nitrogens with zero attached hydrogens (tertiary/aromatic N) is 1. The van der Waals surface area contributed by atoms with Crippen molar-refractivity contribution in [3.8, 4) is 0 Å². The Morgan fingerprint density at radius 1 is 1.41 bits per heavy atom. The number of amides is 2. The summed E-state index contributed by atoms with van der Waals surface area (Å²) in [5.74, 6) is -0.123. The Hall–Kier alpha value is -1.41. The van der Waals surface area contributed by atoms with Gasteiger partial charge in [0.15, 0.2) is 9.84 Å². The van der Waals surface area contributed by atoms with E-state index in [1.54, 1.807) is 16.2 Å². The Bertz CT molecular complexity index is 669. The zero-order valence-electron chi connectivity index (χ0n) is 12.0. The molecule has 3 rings (SSSR count). The maximum absolute atomic E-state index is 12.4. The number of hydrogen-bond acceptors (Lipinski definition) is 5. The van der Waals surface area contributed by atoms with Crippen LogP contribution >= 0.6 is 11.3 Å². The van der Waals surface area contributed by atoms with Crippen molar-refractivity contribution >= 4 is 33.0 Å². The quantitative estimate of drug-likeness (QED) is 0.866. The molecule has 0 spiro atoms. The first-order valence-electron chi connectivity index (χ1n) is 7.27. The van der Waals surface area contributed by atoms with Gasteiger partial charge >= 0.3 is 0 Å². The van der Waals surface area contributed by atoms with Crippen molar-refractivity contribution in [1.82, 2.24) is 10.2 Å². The Morgan fingerprint density at radius 2 is 2.23 bits per heavy atom. The molecule has 0 radical (unpaired) electrons. The lowest BCUT2D eigenvalue weighted by Crippen LogP contribution is -2.47. The highest BCUT2D eigenvalue weighted by Crippen LogP contribution is 2.24. The molecule has 2 amide bonds. The Labute approximate surface area is 133 Å². The fourth-order valence-corrected chi connectivity index (χ4v) is 5.36. The van der Waals surface area contributed by atoms with Crippen LogP contribution in [0, 0.1) is 0 Å². The van der Waals surface area contributed by atoms with Crippen LogP contribution in [-0.4, -0.2) is 48.7 Å². The Kier molecular flexibility index (Phi) is 4.22. The molecule has 0 aromatic carbocycles. The number of carbonyl (C=O) groups excluding carboxylic acids is 2. The molecule has 1 N–H and O–H groups in total. The van der Waals surface area contributed by atoms with Gasteiger partial charge in [0.25, 0.3) is 0 Å². The number of thiophene rings is 1. The number of carbonyl (C=O) groups is 2. The monoisotopic (exact) mass is 342 g/mol. The second kappa shape index (κ2) is 6.00. The van der Waals surface area contributed by atoms with Gasteiger partial charge in [-0.2, -0.15) is 0 Å². The molecule has 0 saturated carbocycles. The summed E-state index contributed by atoms with van der Waals surface area (Å²) in [5.41, 5.74) is 0. The molecule has 2 aliphatic rings. The molecule has 0 unspecified atom stereocenters. The van der Waals surface area contributed by atoms with Gasteiger partial charge in [0.2, 0.25) is 11.8 Å². The first-order valence-corrected chi connectivity index (χ1v) is 9.97. The molecule has 3 heterocycles. The zero-order chi connectivity index (χ0) is 15.7. The van der Waals surface area contributed by atoms with Crippen molar-refractivity contribution < 1.29 is 18.0 Å². The van der Waals surface area contributed by atoms with Crippen molar-refractivity contribution in [3.05, 3.63) is 22.4 Å². The second-order valence-corrected chi connectivity index (χ2v) is 9.02.